The molecule has 0 radical (unpaired) electrons. The first-order chi connectivity index (χ1) is 7.08. The highest BCUT2D eigenvalue weighted by Gasteiger charge is 2.37. The molecular formula is C9H9ClO5. The van der Waals surface area contributed by atoms with Crippen molar-refractivity contribution in [1.82, 2.24) is 0 Å². The molecule has 0 bridgehead atoms. The maximum atomic E-state index is 11.6. The van der Waals surface area contributed by atoms with Crippen LogP contribution >= 0.6 is 11.6 Å². The van der Waals surface area contributed by atoms with E-state index < -0.39 is 11.6 Å². The molecule has 0 amide bonds. The van der Waals surface area contributed by atoms with E-state index in [0.29, 0.717) is 0 Å². The van der Waals surface area contributed by atoms with Crippen molar-refractivity contribution in [2.45, 2.75) is 0 Å². The van der Waals surface area contributed by atoms with Gasteiger partial charge in [-0.3, -0.25) is 9.59 Å². The van der Waals surface area contributed by atoms with Crippen LogP contribution in [0.25, 0.3) is 0 Å². The zero-order chi connectivity index (χ0) is 11.6. The van der Waals surface area contributed by atoms with E-state index in [4.69, 9.17) is 25.8 Å². The van der Waals surface area contributed by atoms with Crippen LogP contribution in [0, 0.1) is 0 Å². The molecule has 0 N–H and O–H groups in total. The van der Waals surface area contributed by atoms with Crippen molar-refractivity contribution >= 4 is 23.2 Å². The zero-order valence-corrected chi connectivity index (χ0v) is 9.18. The predicted octanol–water partition coefficient (Wildman–Crippen LogP) is 0.739. The molecule has 0 saturated heterocycles. The van der Waals surface area contributed by atoms with Crippen LogP contribution in [0.4, 0.5) is 0 Å². The van der Waals surface area contributed by atoms with E-state index in [1.807, 2.05) is 0 Å². The quantitative estimate of drug-likeness (QED) is 0.672. The Kier molecular flexibility index (Phi) is 3.36. The molecule has 6 heteroatoms. The highest BCUT2D eigenvalue weighted by atomic mass is 35.5. The van der Waals surface area contributed by atoms with Crippen molar-refractivity contribution in [2.24, 2.45) is 0 Å². The molecule has 1 rings (SSSR count). The summed E-state index contributed by atoms with van der Waals surface area (Å²) in [6, 6.07) is 0. The number of ether oxygens (including phenoxy) is 3. The third-order valence-corrected chi connectivity index (χ3v) is 2.18. The minimum atomic E-state index is -0.632. The number of allylic oxidation sites excluding steroid dienone is 1. The molecule has 0 heterocycles. The van der Waals surface area contributed by atoms with Gasteiger partial charge in [0.1, 0.15) is 5.03 Å². The predicted molar refractivity (Wildman–Crippen MR) is 50.9 cm³/mol. The van der Waals surface area contributed by atoms with E-state index in [1.165, 1.54) is 21.3 Å². The topological polar surface area (TPSA) is 61.8 Å². The fourth-order valence-corrected chi connectivity index (χ4v) is 1.41. The number of Topliss-reactive ketones (excluding diaryl/α,β-unsaturated/α-hetero) is 2. The largest absolute Gasteiger partial charge is 0.491 e. The molecule has 0 spiro atoms. The molecule has 82 valence electrons. The maximum Gasteiger partial charge on any atom is 0.267 e. The number of hydrogen-bond acceptors (Lipinski definition) is 5. The summed E-state index contributed by atoms with van der Waals surface area (Å²) >= 11 is 5.64. The van der Waals surface area contributed by atoms with Crippen molar-refractivity contribution in [3.05, 3.63) is 22.3 Å². The summed E-state index contributed by atoms with van der Waals surface area (Å²) in [6.07, 6.45) is 0. The van der Waals surface area contributed by atoms with Crippen LogP contribution in [0.15, 0.2) is 22.3 Å². The van der Waals surface area contributed by atoms with Crippen molar-refractivity contribution in [3.63, 3.8) is 0 Å². The number of hydrogen-bond donors (Lipinski definition) is 0. The fourth-order valence-electron chi connectivity index (χ4n) is 1.16. The summed E-state index contributed by atoms with van der Waals surface area (Å²) in [7, 11) is 3.75. The van der Waals surface area contributed by atoms with E-state index >= 15 is 0 Å². The lowest BCUT2D eigenvalue weighted by molar-refractivity contribution is -0.123. The molecule has 0 atom stereocenters. The third-order valence-electron chi connectivity index (χ3n) is 1.84. The molecule has 0 saturated carbocycles. The van der Waals surface area contributed by atoms with Crippen LogP contribution in [-0.2, 0) is 23.8 Å². The van der Waals surface area contributed by atoms with Gasteiger partial charge in [-0.05, 0) is 0 Å². The minimum absolute atomic E-state index is 0.205. The highest BCUT2D eigenvalue weighted by Crippen LogP contribution is 2.27. The van der Waals surface area contributed by atoms with Crippen molar-refractivity contribution < 1.29 is 23.8 Å². The number of carbonyl (C=O) groups is 2. The van der Waals surface area contributed by atoms with Crippen molar-refractivity contribution in [2.75, 3.05) is 21.3 Å². The van der Waals surface area contributed by atoms with Gasteiger partial charge in [-0.15, -0.1) is 0 Å². The van der Waals surface area contributed by atoms with Crippen LogP contribution in [-0.4, -0.2) is 32.9 Å². The molecule has 15 heavy (non-hydrogen) atoms. The molecule has 1 aliphatic rings. The van der Waals surface area contributed by atoms with Gasteiger partial charge in [-0.25, -0.2) is 0 Å². The lowest BCUT2D eigenvalue weighted by Gasteiger charge is -2.17. The van der Waals surface area contributed by atoms with Crippen LogP contribution in [0.2, 0.25) is 0 Å². The Morgan fingerprint density at radius 1 is 0.800 bits per heavy atom. The van der Waals surface area contributed by atoms with Crippen LogP contribution < -0.4 is 0 Å². The number of rotatable bonds is 3. The monoisotopic (exact) mass is 232 g/mol. The van der Waals surface area contributed by atoms with Crippen LogP contribution in [0.3, 0.4) is 0 Å². The molecule has 0 aromatic heterocycles. The number of methoxy groups -OCH3 is 3. The Labute approximate surface area is 91.2 Å². The second-order valence-corrected chi connectivity index (χ2v) is 2.95. The average molecular weight is 233 g/mol. The molecule has 1 aliphatic carbocycles. The Morgan fingerprint density at radius 3 is 1.60 bits per heavy atom. The summed E-state index contributed by atoms with van der Waals surface area (Å²) in [5, 5.41) is -0.305. The van der Waals surface area contributed by atoms with Gasteiger partial charge in [0.15, 0.2) is 5.76 Å². The van der Waals surface area contributed by atoms with Crippen LogP contribution in [0.5, 0.6) is 0 Å². The van der Waals surface area contributed by atoms with Crippen molar-refractivity contribution in [3.8, 4) is 0 Å². The smallest absolute Gasteiger partial charge is 0.267 e. The number of ketones is 2. The zero-order valence-electron chi connectivity index (χ0n) is 8.42. The SMILES string of the molecule is COC1=C(Cl)C(=O)C(OC)=C(OC)C1=O. The minimum Gasteiger partial charge on any atom is -0.491 e. The molecule has 0 aromatic carbocycles. The van der Waals surface area contributed by atoms with Crippen LogP contribution in [0.1, 0.15) is 0 Å². The maximum absolute atomic E-state index is 11.6. The molecular weight excluding hydrogens is 224 g/mol. The van der Waals surface area contributed by atoms with Gasteiger partial charge in [0.25, 0.3) is 5.78 Å². The summed E-state index contributed by atoms with van der Waals surface area (Å²) in [6.45, 7) is 0. The Morgan fingerprint density at radius 2 is 1.20 bits per heavy atom. The van der Waals surface area contributed by atoms with Gasteiger partial charge < -0.3 is 14.2 Å². The summed E-state index contributed by atoms with van der Waals surface area (Å²) in [5.41, 5.74) is 0. The van der Waals surface area contributed by atoms with Gasteiger partial charge in [0, 0.05) is 0 Å². The number of carbonyl (C=O) groups excluding carboxylic acids is 2. The Bertz CT molecular complexity index is 380. The van der Waals surface area contributed by atoms with Gasteiger partial charge in [0.2, 0.25) is 17.3 Å². The van der Waals surface area contributed by atoms with Gasteiger partial charge in [0.05, 0.1) is 21.3 Å². The molecule has 0 fully saturated rings. The van der Waals surface area contributed by atoms with Gasteiger partial charge in [-0.2, -0.15) is 0 Å². The van der Waals surface area contributed by atoms with E-state index in [9.17, 15) is 9.59 Å². The third kappa shape index (κ3) is 1.70. The number of halogens is 1. The molecule has 0 aliphatic heterocycles. The first-order valence-corrected chi connectivity index (χ1v) is 4.31. The summed E-state index contributed by atoms with van der Waals surface area (Å²) < 4.78 is 14.2. The standard InChI is InChI=1S/C9H9ClO5/c1-13-7-4(10)5(11)8(14-2)9(15-3)6(7)12/h1-3H3. The normalized spacial score (nSPS) is 17.1. The van der Waals surface area contributed by atoms with Gasteiger partial charge in [-0.1, -0.05) is 11.6 Å². The summed E-state index contributed by atoms with van der Waals surface area (Å²) in [4.78, 5) is 23.2. The lowest BCUT2D eigenvalue weighted by atomic mass is 10.1. The Balaban J connectivity index is 3.31. The van der Waals surface area contributed by atoms with Gasteiger partial charge >= 0.3 is 0 Å². The van der Waals surface area contributed by atoms with E-state index in [-0.39, 0.29) is 22.3 Å². The Hall–Kier alpha value is -1.49. The first kappa shape index (κ1) is 11.6. The highest BCUT2D eigenvalue weighted by molar-refractivity contribution is 6.48. The molecule has 0 unspecified atom stereocenters. The van der Waals surface area contributed by atoms with E-state index in [2.05, 4.69) is 0 Å². The fraction of sp³-hybridized carbons (Fsp3) is 0.333. The second-order valence-electron chi connectivity index (χ2n) is 2.57. The summed E-state index contributed by atoms with van der Waals surface area (Å²) in [5.74, 6) is -1.90. The molecule has 5 nitrogen and oxygen atoms in total. The van der Waals surface area contributed by atoms with E-state index in [1.54, 1.807) is 0 Å². The van der Waals surface area contributed by atoms with Crippen molar-refractivity contribution in [1.29, 1.82) is 0 Å². The van der Waals surface area contributed by atoms with E-state index in [0.717, 1.165) is 0 Å². The molecule has 0 aromatic rings. The second kappa shape index (κ2) is 4.35. The average Bonchev–Trinajstić information content (AvgIpc) is 2.23. The first-order valence-electron chi connectivity index (χ1n) is 3.93. The lowest BCUT2D eigenvalue weighted by Crippen LogP contribution is -2.24.